The molecule has 0 amide bonds. The van der Waals surface area contributed by atoms with Crippen molar-refractivity contribution >= 4 is 11.9 Å². The third kappa shape index (κ3) is 16.1. The van der Waals surface area contributed by atoms with Gasteiger partial charge in [-0.15, -0.1) is 0 Å². The summed E-state index contributed by atoms with van der Waals surface area (Å²) in [5.41, 5.74) is 5.58. The van der Waals surface area contributed by atoms with Crippen LogP contribution in [-0.4, -0.2) is 166 Å². The van der Waals surface area contributed by atoms with Crippen LogP contribution in [0.1, 0.15) is 184 Å². The Labute approximate surface area is 440 Å². The van der Waals surface area contributed by atoms with Gasteiger partial charge in [-0.05, 0) is 239 Å². The summed E-state index contributed by atoms with van der Waals surface area (Å²) < 4.78 is 0. The van der Waals surface area contributed by atoms with Crippen LogP contribution in [0.2, 0.25) is 0 Å². The Morgan fingerprint density at radius 1 is 0.521 bits per heavy atom. The first kappa shape index (κ1) is 60.0. The molecule has 0 aromatic carbocycles. The fourth-order valence-electron chi connectivity index (χ4n) is 14.8. The molecule has 11 aliphatic rings. The van der Waals surface area contributed by atoms with Crippen LogP contribution in [0.4, 0.5) is 5.69 Å². The van der Waals surface area contributed by atoms with Gasteiger partial charge in [0.25, 0.3) is 0 Å². The summed E-state index contributed by atoms with van der Waals surface area (Å²) in [6.07, 6.45) is 32.5. The highest BCUT2D eigenvalue weighted by Crippen LogP contribution is 2.40. The quantitative estimate of drug-likeness (QED) is 0.276. The predicted molar refractivity (Wildman–Crippen MR) is 309 cm³/mol. The van der Waals surface area contributed by atoms with E-state index in [1.807, 2.05) is 12.3 Å². The molecule has 3 aliphatic carbocycles. The average Bonchev–Trinajstić information content (AvgIpc) is 4.14. The van der Waals surface area contributed by atoms with Crippen molar-refractivity contribution in [2.45, 2.75) is 233 Å². The predicted octanol–water partition coefficient (Wildman–Crippen LogP) is 12.2. The molecule has 9 heterocycles. The van der Waals surface area contributed by atoms with Gasteiger partial charge in [0.2, 0.25) is 0 Å². The number of pyridine rings is 1. The second-order valence-corrected chi connectivity index (χ2v) is 25.1. The number of hydrogen-bond acceptors (Lipinski definition) is 9. The number of aliphatic imine (C=N–C) groups is 1. The topological polar surface area (TPSA) is 56.7 Å². The Morgan fingerprint density at radius 3 is 1.70 bits per heavy atom. The normalized spacial score (nSPS) is 37.7. The first-order valence-corrected chi connectivity index (χ1v) is 29.3. The summed E-state index contributed by atoms with van der Waals surface area (Å²) in [6, 6.07) is 10.7. The van der Waals surface area contributed by atoms with Gasteiger partial charge in [0, 0.05) is 87.4 Å². The minimum absolute atomic E-state index is 0. The van der Waals surface area contributed by atoms with Crippen LogP contribution in [0.25, 0.3) is 0 Å². The first-order valence-electron chi connectivity index (χ1n) is 29.3. The molecule has 0 spiro atoms. The van der Waals surface area contributed by atoms with Gasteiger partial charge in [-0.25, -0.2) is 0 Å². The van der Waals surface area contributed by atoms with Crippen LogP contribution in [0.3, 0.4) is 0 Å². The van der Waals surface area contributed by atoms with E-state index in [0.29, 0.717) is 12.1 Å². The van der Waals surface area contributed by atoms with E-state index < -0.39 is 0 Å². The van der Waals surface area contributed by atoms with Gasteiger partial charge in [0.1, 0.15) is 0 Å². The van der Waals surface area contributed by atoms with Crippen molar-refractivity contribution in [3.63, 3.8) is 0 Å². The van der Waals surface area contributed by atoms with E-state index in [1.54, 1.807) is 0 Å². The molecule has 14 atom stereocenters. The molecule has 1 aromatic rings. The molecule has 1 N–H and O–H groups in total. The van der Waals surface area contributed by atoms with Crippen LogP contribution in [0.15, 0.2) is 34.5 Å². The molecule has 8 fully saturated rings. The zero-order valence-electron chi connectivity index (χ0n) is 46.9. The van der Waals surface area contributed by atoms with Crippen LogP contribution in [0.5, 0.6) is 0 Å². The van der Waals surface area contributed by atoms with E-state index in [-0.39, 0.29) is 14.9 Å². The van der Waals surface area contributed by atoms with Crippen molar-refractivity contribution in [2.24, 2.45) is 40.5 Å². The highest BCUT2D eigenvalue weighted by Gasteiger charge is 2.37. The number of fused-ring (bicyclic) bond motifs is 5. The van der Waals surface area contributed by atoms with E-state index in [0.717, 1.165) is 91.3 Å². The Hall–Kier alpha value is -1.88. The lowest BCUT2D eigenvalue weighted by atomic mass is 9.77. The molecule has 1 aromatic heterocycles. The standard InChI is InChI=1S/2C11H21N.C10H14N2.C10H19N.C9H18N2.C9H14N2.2CH4/c2*1-9-7-8-10-5-3-4-6-11(10)12(9)2;1-8-5-6-9-10(12(8)2)4-3-7-11-9;1-8-6-9-4-3-5-10(9)7-11(8)2;2*1-7-3-8-4-10-5-9(8)6-11(7)2;;/h2*9-11H,3-8H2,1-2H3;3-4,7-8H,5-6H2,1-2H3;8-10H,3-7H2,1-2H3;7-10H,3-6H2,1-2H3;4,7H,3,5-6H2,1-2H3;2*1H4. The monoisotopic (exact) mass is 986 g/mol. The molecule has 0 bridgehead atoms. The molecule has 408 valence electrons. The highest BCUT2D eigenvalue weighted by molar-refractivity contribution is 5.83. The fraction of sp³-hybridized carbons (Fsp3) is 0.871. The number of piperidine rings is 4. The van der Waals surface area contributed by atoms with Gasteiger partial charge in [-0.3, -0.25) is 14.9 Å². The molecule has 3 saturated carbocycles. The Balaban J connectivity index is 0.000000158. The van der Waals surface area contributed by atoms with E-state index in [4.69, 9.17) is 0 Å². The first-order chi connectivity index (χ1) is 33.2. The van der Waals surface area contributed by atoms with E-state index in [1.165, 1.54) is 171 Å². The largest absolute Gasteiger partial charge is 0.370 e. The van der Waals surface area contributed by atoms with Crippen molar-refractivity contribution in [1.29, 1.82) is 0 Å². The summed E-state index contributed by atoms with van der Waals surface area (Å²) >= 11 is 0. The molecule has 12 rings (SSSR count). The van der Waals surface area contributed by atoms with E-state index >= 15 is 0 Å². The third-order valence-electron chi connectivity index (χ3n) is 20.6. The number of aryl methyl sites for hydroxylation is 1. The van der Waals surface area contributed by atoms with Crippen LogP contribution in [-0.2, 0) is 6.42 Å². The minimum atomic E-state index is 0. The Kier molecular flexibility index (Phi) is 24.4. The molecular weight excluding hydrogens is 871 g/mol. The van der Waals surface area contributed by atoms with Crippen molar-refractivity contribution < 1.29 is 0 Å². The molecule has 5 saturated heterocycles. The molecule has 0 radical (unpaired) electrons. The van der Waals surface area contributed by atoms with Gasteiger partial charge in [0.15, 0.2) is 0 Å². The lowest BCUT2D eigenvalue weighted by Crippen LogP contribution is -2.48. The van der Waals surface area contributed by atoms with Crippen molar-refractivity contribution in [2.75, 3.05) is 86.5 Å². The number of nitrogens with one attached hydrogen (secondary N) is 1. The summed E-state index contributed by atoms with van der Waals surface area (Å²) in [5.74, 6) is 6.13. The fourth-order valence-corrected chi connectivity index (χ4v) is 14.8. The maximum absolute atomic E-state index is 4.36. The number of rotatable bonds is 0. The van der Waals surface area contributed by atoms with Crippen LogP contribution >= 0.6 is 0 Å². The number of aromatic nitrogens is 1. The molecule has 9 nitrogen and oxygen atoms in total. The van der Waals surface area contributed by atoms with Crippen LogP contribution < -0.4 is 10.2 Å². The van der Waals surface area contributed by atoms with Gasteiger partial charge >= 0.3 is 0 Å². The lowest BCUT2D eigenvalue weighted by molar-refractivity contribution is 0.0447. The second-order valence-electron chi connectivity index (χ2n) is 25.1. The number of nitrogens with zero attached hydrogens (tertiary/aromatic N) is 8. The Bertz CT molecular complexity index is 1640. The molecule has 8 aliphatic heterocycles. The number of anilines is 1. The highest BCUT2D eigenvalue weighted by atomic mass is 15.2. The smallest absolute Gasteiger partial charge is 0.0637 e. The minimum Gasteiger partial charge on any atom is -0.370 e. The van der Waals surface area contributed by atoms with Crippen LogP contribution in [0, 0.1) is 35.5 Å². The maximum atomic E-state index is 4.36. The SMILES string of the molecule is C.C.CC1CC2=C(CN=C2)CN1C.CC1CC2CCCC2CN1C.CC1CC2CNCC2CN1C.CC1CCC2CCCCC2N1C.CC1CCC2CCCCC2N1C.CC1CCc2ncccc2N1C. The summed E-state index contributed by atoms with van der Waals surface area (Å²) in [7, 11) is 13.5. The number of likely N-dealkylation sites (tertiary alicyclic amines) is 4. The summed E-state index contributed by atoms with van der Waals surface area (Å²) in [5, 5.41) is 3.48. The molecule has 71 heavy (non-hydrogen) atoms. The number of hydrogen-bond donors (Lipinski definition) is 1. The van der Waals surface area contributed by atoms with Gasteiger partial charge in [0.05, 0.1) is 17.9 Å². The van der Waals surface area contributed by atoms with Gasteiger partial charge in [-0.1, -0.05) is 53.4 Å². The van der Waals surface area contributed by atoms with Crippen molar-refractivity contribution in [3.8, 4) is 0 Å². The van der Waals surface area contributed by atoms with Crippen molar-refractivity contribution in [3.05, 3.63) is 35.2 Å². The third-order valence-corrected chi connectivity index (χ3v) is 20.6. The van der Waals surface area contributed by atoms with Gasteiger partial charge in [-0.2, -0.15) is 0 Å². The maximum Gasteiger partial charge on any atom is 0.0637 e. The zero-order chi connectivity index (χ0) is 49.2. The zero-order valence-corrected chi connectivity index (χ0v) is 46.9. The van der Waals surface area contributed by atoms with E-state index in [2.05, 4.69) is 141 Å². The summed E-state index contributed by atoms with van der Waals surface area (Å²) in [4.78, 5) is 23.6. The second kappa shape index (κ2) is 28.9. The molecular formula is C62H115N9. The lowest BCUT2D eigenvalue weighted by Gasteiger charge is -2.45. The number of likely N-dealkylation sites (N-methyl/N-ethyl adjacent to an activating group) is 1. The van der Waals surface area contributed by atoms with Gasteiger partial charge < -0.3 is 29.8 Å². The molecule has 14 unspecified atom stereocenters. The van der Waals surface area contributed by atoms with E-state index in [9.17, 15) is 0 Å². The molecule has 9 heteroatoms. The van der Waals surface area contributed by atoms with Crippen molar-refractivity contribution in [1.82, 2.24) is 34.8 Å². The Morgan fingerprint density at radius 2 is 1.07 bits per heavy atom. The summed E-state index contributed by atoms with van der Waals surface area (Å²) in [6.45, 7) is 21.3. The average molecular weight is 987 g/mol.